The molecule has 0 saturated carbocycles. The third-order valence-electron chi connectivity index (χ3n) is 6.91. The highest BCUT2D eigenvalue weighted by Crippen LogP contribution is 2.40. The summed E-state index contributed by atoms with van der Waals surface area (Å²) < 4.78 is 67.3. The average Bonchev–Trinajstić information content (AvgIpc) is 3.50. The maximum Gasteiger partial charge on any atom is 0.433 e. The Hall–Kier alpha value is -3.60. The molecule has 0 unspecified atom stereocenters. The van der Waals surface area contributed by atoms with Crippen molar-refractivity contribution in [3.8, 4) is 11.1 Å². The van der Waals surface area contributed by atoms with E-state index in [1.54, 1.807) is 0 Å². The molecule has 3 aromatic rings. The van der Waals surface area contributed by atoms with Gasteiger partial charge < -0.3 is 15.5 Å². The van der Waals surface area contributed by atoms with Crippen LogP contribution < -0.4 is 15.5 Å². The van der Waals surface area contributed by atoms with Gasteiger partial charge in [-0.2, -0.15) is 13.2 Å². The summed E-state index contributed by atoms with van der Waals surface area (Å²) in [5, 5.41) is 6.20. The summed E-state index contributed by atoms with van der Waals surface area (Å²) in [7, 11) is 0. The Morgan fingerprint density at radius 2 is 1.89 bits per heavy atom. The molecule has 2 saturated heterocycles. The lowest BCUT2D eigenvalue weighted by atomic mass is 9.96. The van der Waals surface area contributed by atoms with E-state index in [1.807, 2.05) is 4.90 Å². The number of alkyl halides is 3. The van der Waals surface area contributed by atoms with E-state index >= 15 is 0 Å². The van der Waals surface area contributed by atoms with Crippen molar-refractivity contribution < 1.29 is 26.7 Å². The molecule has 37 heavy (non-hydrogen) atoms. The van der Waals surface area contributed by atoms with Crippen LogP contribution in [0, 0.1) is 11.6 Å². The van der Waals surface area contributed by atoms with Crippen molar-refractivity contribution in [1.29, 1.82) is 0 Å². The molecule has 11 heteroatoms. The fourth-order valence-electron chi connectivity index (χ4n) is 5.18. The normalized spacial score (nSPS) is 19.5. The first kappa shape index (κ1) is 25.1. The molecule has 2 aliphatic heterocycles. The van der Waals surface area contributed by atoms with E-state index in [9.17, 15) is 26.7 Å². The molecule has 1 aromatic carbocycles. The lowest BCUT2D eigenvalue weighted by Gasteiger charge is -2.28. The fourth-order valence-corrected chi connectivity index (χ4v) is 5.18. The maximum atomic E-state index is 14.1. The third-order valence-corrected chi connectivity index (χ3v) is 6.91. The monoisotopic (exact) mass is 517 g/mol. The number of halogens is 5. The topological polar surface area (TPSA) is 70.2 Å². The molecule has 1 atom stereocenters. The molecule has 5 rings (SSSR count). The van der Waals surface area contributed by atoms with Gasteiger partial charge in [-0.05, 0) is 61.2 Å². The van der Waals surface area contributed by atoms with Gasteiger partial charge in [-0.3, -0.25) is 14.8 Å². The molecule has 2 aliphatic rings. The minimum atomic E-state index is -4.61. The zero-order chi connectivity index (χ0) is 26.2. The summed E-state index contributed by atoms with van der Waals surface area (Å²) in [6.07, 6.45) is 2.11. The van der Waals surface area contributed by atoms with Crippen LogP contribution in [0.25, 0.3) is 11.1 Å². The number of rotatable bonds is 5. The number of anilines is 1. The summed E-state index contributed by atoms with van der Waals surface area (Å²) in [5.74, 6) is -2.08. The van der Waals surface area contributed by atoms with Crippen molar-refractivity contribution >= 4 is 11.6 Å². The van der Waals surface area contributed by atoms with E-state index in [1.165, 1.54) is 30.6 Å². The van der Waals surface area contributed by atoms with Crippen molar-refractivity contribution in [1.82, 2.24) is 20.6 Å². The van der Waals surface area contributed by atoms with Crippen molar-refractivity contribution in [2.75, 3.05) is 24.5 Å². The van der Waals surface area contributed by atoms with E-state index in [0.29, 0.717) is 24.3 Å². The average molecular weight is 518 g/mol. The van der Waals surface area contributed by atoms with E-state index < -0.39 is 29.4 Å². The Kier molecular flexibility index (Phi) is 6.57. The Labute approximate surface area is 209 Å². The van der Waals surface area contributed by atoms with Crippen molar-refractivity contribution in [2.45, 2.75) is 37.5 Å². The largest absolute Gasteiger partial charge is 0.433 e. The Morgan fingerprint density at radius 1 is 1.11 bits per heavy atom. The summed E-state index contributed by atoms with van der Waals surface area (Å²) in [6, 6.07) is 5.39. The van der Waals surface area contributed by atoms with Crippen LogP contribution in [0.3, 0.4) is 0 Å². The van der Waals surface area contributed by atoms with Crippen molar-refractivity contribution in [3.05, 3.63) is 77.4 Å². The van der Waals surface area contributed by atoms with Gasteiger partial charge in [0.1, 0.15) is 17.3 Å². The van der Waals surface area contributed by atoms with Crippen LogP contribution >= 0.6 is 0 Å². The standard InChI is InChI=1S/C26H24F5N5O/c27-18-9-17(10-19(28)11-18)20-13-32-14-21(23(20)36-7-4-25(15-36)3-1-5-35-25)24(37)34-12-16-2-6-33-22(8-16)26(29,30)31/h2,6,8-11,13-14,35H,1,3-5,7,12,15H2,(H,34,37)/t25-/m0/s1. The number of hydrogen-bond acceptors (Lipinski definition) is 5. The van der Waals surface area contributed by atoms with E-state index in [-0.39, 0.29) is 28.8 Å². The van der Waals surface area contributed by atoms with Gasteiger partial charge in [0.2, 0.25) is 0 Å². The highest BCUT2D eigenvalue weighted by Gasteiger charge is 2.41. The van der Waals surface area contributed by atoms with Crippen LogP contribution in [-0.4, -0.2) is 41.0 Å². The highest BCUT2D eigenvalue weighted by atomic mass is 19.4. The first-order chi connectivity index (χ1) is 17.6. The van der Waals surface area contributed by atoms with Crippen molar-refractivity contribution in [2.24, 2.45) is 0 Å². The summed E-state index contributed by atoms with van der Waals surface area (Å²) in [6.45, 7) is 1.93. The zero-order valence-electron chi connectivity index (χ0n) is 19.7. The minimum absolute atomic E-state index is 0.105. The molecule has 0 aliphatic carbocycles. The van der Waals surface area contributed by atoms with Crippen LogP contribution in [0.4, 0.5) is 27.6 Å². The van der Waals surface area contributed by atoms with Crippen LogP contribution in [0.15, 0.2) is 48.9 Å². The van der Waals surface area contributed by atoms with E-state index in [2.05, 4.69) is 20.6 Å². The number of nitrogens with zero attached hydrogens (tertiary/aromatic N) is 3. The lowest BCUT2D eigenvalue weighted by molar-refractivity contribution is -0.141. The van der Waals surface area contributed by atoms with Crippen LogP contribution in [0.2, 0.25) is 0 Å². The molecule has 0 radical (unpaired) electrons. The van der Waals surface area contributed by atoms with Crippen LogP contribution in [0.1, 0.15) is 40.9 Å². The van der Waals surface area contributed by atoms with Crippen LogP contribution in [0.5, 0.6) is 0 Å². The molecule has 4 heterocycles. The molecule has 2 aromatic heterocycles. The predicted octanol–water partition coefficient (Wildman–Crippen LogP) is 4.70. The van der Waals surface area contributed by atoms with Gasteiger partial charge in [0.25, 0.3) is 5.91 Å². The van der Waals surface area contributed by atoms with E-state index in [0.717, 1.165) is 44.1 Å². The number of amides is 1. The Bertz CT molecular complexity index is 1300. The van der Waals surface area contributed by atoms with Gasteiger partial charge >= 0.3 is 6.18 Å². The second kappa shape index (κ2) is 9.70. The lowest BCUT2D eigenvalue weighted by Crippen LogP contribution is -2.42. The Morgan fingerprint density at radius 3 is 2.59 bits per heavy atom. The molecule has 2 N–H and O–H groups in total. The summed E-state index contributed by atoms with van der Waals surface area (Å²) >= 11 is 0. The Balaban J connectivity index is 1.49. The van der Waals surface area contributed by atoms with Crippen LogP contribution in [-0.2, 0) is 12.7 Å². The second-order valence-corrected chi connectivity index (χ2v) is 9.45. The third kappa shape index (κ3) is 5.27. The zero-order valence-corrected chi connectivity index (χ0v) is 19.7. The number of nitrogens with one attached hydrogen (secondary N) is 2. The van der Waals surface area contributed by atoms with Gasteiger partial charge in [0, 0.05) is 55.4 Å². The number of aromatic nitrogens is 2. The summed E-state index contributed by atoms with van der Waals surface area (Å²) in [5.41, 5.74) is 0.346. The number of carbonyl (C=O) groups is 1. The van der Waals surface area contributed by atoms with Gasteiger partial charge in [-0.25, -0.2) is 8.78 Å². The predicted molar refractivity (Wildman–Crippen MR) is 127 cm³/mol. The molecule has 194 valence electrons. The molecule has 2 fully saturated rings. The first-order valence-electron chi connectivity index (χ1n) is 11.9. The second-order valence-electron chi connectivity index (χ2n) is 9.45. The smallest absolute Gasteiger partial charge is 0.368 e. The number of hydrogen-bond donors (Lipinski definition) is 2. The van der Waals surface area contributed by atoms with Gasteiger partial charge in [-0.1, -0.05) is 0 Å². The van der Waals surface area contributed by atoms with E-state index in [4.69, 9.17) is 0 Å². The fraction of sp³-hybridized carbons (Fsp3) is 0.346. The number of pyridine rings is 2. The van der Waals surface area contributed by atoms with Gasteiger partial charge in [-0.15, -0.1) is 0 Å². The molecule has 6 nitrogen and oxygen atoms in total. The summed E-state index contributed by atoms with van der Waals surface area (Å²) in [4.78, 5) is 22.8. The van der Waals surface area contributed by atoms with Crippen molar-refractivity contribution in [3.63, 3.8) is 0 Å². The van der Waals surface area contributed by atoms with Gasteiger partial charge in [0.05, 0.1) is 11.3 Å². The SMILES string of the molecule is O=C(NCc1ccnc(C(F)(F)F)c1)c1cncc(-c2cc(F)cc(F)c2)c1N1CC[C@@]2(CCCN2)C1. The van der Waals surface area contributed by atoms with Gasteiger partial charge in [0.15, 0.2) is 0 Å². The molecule has 1 amide bonds. The number of benzene rings is 1. The highest BCUT2D eigenvalue weighted by molar-refractivity contribution is 6.03. The molecular weight excluding hydrogens is 493 g/mol. The minimum Gasteiger partial charge on any atom is -0.368 e. The molecule has 1 spiro atoms. The maximum absolute atomic E-state index is 14.1. The first-order valence-corrected chi connectivity index (χ1v) is 11.9. The number of carbonyl (C=O) groups excluding carboxylic acids is 1. The molecular formula is C26H24F5N5O. The quantitative estimate of drug-likeness (QED) is 0.480. The molecule has 0 bridgehead atoms.